The molecule has 2 rings (SSSR count). The first-order valence-corrected chi connectivity index (χ1v) is 7.98. The fraction of sp³-hybridized carbons (Fsp3) is 0.667. The molecule has 1 aromatic carbocycles. The Morgan fingerprint density at radius 3 is 2.90 bits per heavy atom. The van der Waals surface area contributed by atoms with Crippen molar-refractivity contribution in [3.63, 3.8) is 0 Å². The summed E-state index contributed by atoms with van der Waals surface area (Å²) in [4.78, 5) is 0. The topological polar surface area (TPSA) is 21.3 Å². The van der Waals surface area contributed by atoms with E-state index in [9.17, 15) is 0 Å². The van der Waals surface area contributed by atoms with E-state index in [0.717, 1.165) is 12.5 Å². The van der Waals surface area contributed by atoms with E-state index in [-0.39, 0.29) is 0 Å². The third-order valence-corrected chi connectivity index (χ3v) is 4.61. The van der Waals surface area contributed by atoms with Crippen LogP contribution in [0.4, 0.5) is 0 Å². The standard InChI is InChI=1S/C18H29NO/c1-14(13-20-3)11-17(19-2)12-16-9-6-8-15-7-4-5-10-18(15)16/h4-5,7,10,14,16-17,19H,6,8-9,11-13H2,1-3H3. The normalized spacial score (nSPS) is 21.2. The summed E-state index contributed by atoms with van der Waals surface area (Å²) in [5.41, 5.74) is 3.17. The second kappa shape index (κ2) is 7.80. The second-order valence-electron chi connectivity index (χ2n) is 6.31. The smallest absolute Gasteiger partial charge is 0.0488 e. The van der Waals surface area contributed by atoms with Gasteiger partial charge in [-0.15, -0.1) is 0 Å². The van der Waals surface area contributed by atoms with Gasteiger partial charge in [0, 0.05) is 19.8 Å². The average molecular weight is 275 g/mol. The summed E-state index contributed by atoms with van der Waals surface area (Å²) in [6.45, 7) is 3.14. The van der Waals surface area contributed by atoms with Crippen molar-refractivity contribution in [1.29, 1.82) is 0 Å². The van der Waals surface area contributed by atoms with Gasteiger partial charge in [-0.25, -0.2) is 0 Å². The van der Waals surface area contributed by atoms with E-state index >= 15 is 0 Å². The number of benzene rings is 1. The predicted octanol–water partition coefficient (Wildman–Crippen LogP) is 3.76. The molecule has 0 aromatic heterocycles. The van der Waals surface area contributed by atoms with Crippen LogP contribution >= 0.6 is 0 Å². The summed E-state index contributed by atoms with van der Waals surface area (Å²) in [6.07, 6.45) is 6.39. The number of ether oxygens (including phenoxy) is 1. The van der Waals surface area contributed by atoms with Gasteiger partial charge in [-0.1, -0.05) is 31.2 Å². The summed E-state index contributed by atoms with van der Waals surface area (Å²) in [5, 5.41) is 3.51. The average Bonchev–Trinajstić information content (AvgIpc) is 2.47. The highest BCUT2D eigenvalue weighted by Gasteiger charge is 2.23. The summed E-state index contributed by atoms with van der Waals surface area (Å²) < 4.78 is 5.27. The van der Waals surface area contributed by atoms with Crippen LogP contribution in [0.2, 0.25) is 0 Å². The minimum atomic E-state index is 0.594. The van der Waals surface area contributed by atoms with Crippen LogP contribution in [0.3, 0.4) is 0 Å². The van der Waals surface area contributed by atoms with Gasteiger partial charge in [-0.05, 0) is 62.1 Å². The Hall–Kier alpha value is -0.860. The van der Waals surface area contributed by atoms with Gasteiger partial charge >= 0.3 is 0 Å². The summed E-state index contributed by atoms with van der Waals surface area (Å²) >= 11 is 0. The van der Waals surface area contributed by atoms with Gasteiger partial charge in [0.15, 0.2) is 0 Å². The zero-order valence-electron chi connectivity index (χ0n) is 13.2. The molecule has 112 valence electrons. The maximum Gasteiger partial charge on any atom is 0.0488 e. The molecule has 0 saturated heterocycles. The SMILES string of the molecule is CNC(CC(C)COC)CC1CCCc2ccccc21. The van der Waals surface area contributed by atoms with Crippen LogP contribution in [-0.4, -0.2) is 26.8 Å². The lowest BCUT2D eigenvalue weighted by atomic mass is 9.78. The van der Waals surface area contributed by atoms with Gasteiger partial charge in [-0.3, -0.25) is 0 Å². The maximum atomic E-state index is 5.27. The van der Waals surface area contributed by atoms with Crippen molar-refractivity contribution < 1.29 is 4.74 Å². The molecule has 2 heteroatoms. The molecule has 20 heavy (non-hydrogen) atoms. The van der Waals surface area contributed by atoms with Gasteiger partial charge in [-0.2, -0.15) is 0 Å². The highest BCUT2D eigenvalue weighted by molar-refractivity contribution is 5.32. The highest BCUT2D eigenvalue weighted by Crippen LogP contribution is 2.35. The number of nitrogens with one attached hydrogen (secondary N) is 1. The number of rotatable bonds is 7. The quantitative estimate of drug-likeness (QED) is 0.818. The number of fused-ring (bicyclic) bond motifs is 1. The van der Waals surface area contributed by atoms with Crippen molar-refractivity contribution in [3.05, 3.63) is 35.4 Å². The summed E-state index contributed by atoms with van der Waals surface area (Å²) in [5.74, 6) is 1.35. The fourth-order valence-electron chi connectivity index (χ4n) is 3.61. The lowest BCUT2D eigenvalue weighted by molar-refractivity contribution is 0.148. The molecule has 0 bridgehead atoms. The number of methoxy groups -OCH3 is 1. The molecule has 0 saturated carbocycles. The molecule has 0 aliphatic heterocycles. The van der Waals surface area contributed by atoms with E-state index in [4.69, 9.17) is 4.74 Å². The van der Waals surface area contributed by atoms with Crippen molar-refractivity contribution in [1.82, 2.24) is 5.32 Å². The van der Waals surface area contributed by atoms with Crippen LogP contribution in [0, 0.1) is 5.92 Å². The lowest BCUT2D eigenvalue weighted by Crippen LogP contribution is -2.31. The molecule has 3 unspecified atom stereocenters. The van der Waals surface area contributed by atoms with E-state index in [1.54, 1.807) is 18.2 Å². The highest BCUT2D eigenvalue weighted by atomic mass is 16.5. The van der Waals surface area contributed by atoms with E-state index in [1.165, 1.54) is 32.1 Å². The molecular formula is C18H29NO. The van der Waals surface area contributed by atoms with Gasteiger partial charge < -0.3 is 10.1 Å². The Labute approximate surface area is 123 Å². The first-order valence-electron chi connectivity index (χ1n) is 7.98. The Kier molecular flexibility index (Phi) is 6.06. The monoisotopic (exact) mass is 275 g/mol. The van der Waals surface area contributed by atoms with Crippen LogP contribution in [0.5, 0.6) is 0 Å². The molecule has 1 aliphatic rings. The summed E-state index contributed by atoms with van der Waals surface area (Å²) in [7, 11) is 3.89. The Balaban J connectivity index is 1.98. The van der Waals surface area contributed by atoms with Crippen LogP contribution in [0.25, 0.3) is 0 Å². The number of hydrogen-bond donors (Lipinski definition) is 1. The van der Waals surface area contributed by atoms with Crippen LogP contribution in [0.1, 0.15) is 49.7 Å². The Morgan fingerprint density at radius 2 is 2.15 bits per heavy atom. The first-order chi connectivity index (χ1) is 9.74. The molecule has 1 aromatic rings. The van der Waals surface area contributed by atoms with Crippen molar-refractivity contribution >= 4 is 0 Å². The molecule has 3 atom stereocenters. The van der Waals surface area contributed by atoms with Crippen LogP contribution < -0.4 is 5.32 Å². The summed E-state index contributed by atoms with van der Waals surface area (Å²) in [6, 6.07) is 9.61. The fourth-order valence-corrected chi connectivity index (χ4v) is 3.61. The largest absolute Gasteiger partial charge is 0.384 e. The van der Waals surface area contributed by atoms with Crippen molar-refractivity contribution in [3.8, 4) is 0 Å². The van der Waals surface area contributed by atoms with E-state index in [1.807, 2.05) is 0 Å². The zero-order valence-corrected chi connectivity index (χ0v) is 13.2. The number of hydrogen-bond acceptors (Lipinski definition) is 2. The third-order valence-electron chi connectivity index (χ3n) is 4.61. The molecule has 0 heterocycles. The molecular weight excluding hydrogens is 246 g/mol. The minimum absolute atomic E-state index is 0.594. The molecule has 0 amide bonds. The van der Waals surface area contributed by atoms with E-state index < -0.39 is 0 Å². The van der Waals surface area contributed by atoms with Crippen molar-refractivity contribution in [2.75, 3.05) is 20.8 Å². The third kappa shape index (κ3) is 4.07. The van der Waals surface area contributed by atoms with E-state index in [0.29, 0.717) is 12.0 Å². The maximum absolute atomic E-state index is 5.27. The van der Waals surface area contributed by atoms with Gasteiger partial charge in [0.2, 0.25) is 0 Å². The van der Waals surface area contributed by atoms with Crippen molar-refractivity contribution in [2.24, 2.45) is 5.92 Å². The van der Waals surface area contributed by atoms with Crippen molar-refractivity contribution in [2.45, 2.75) is 51.0 Å². The van der Waals surface area contributed by atoms with Crippen LogP contribution in [0.15, 0.2) is 24.3 Å². The first kappa shape index (κ1) is 15.5. The van der Waals surface area contributed by atoms with Gasteiger partial charge in [0.05, 0.1) is 0 Å². The lowest BCUT2D eigenvalue weighted by Gasteiger charge is -2.30. The molecule has 1 N–H and O–H groups in total. The van der Waals surface area contributed by atoms with Gasteiger partial charge in [0.1, 0.15) is 0 Å². The number of aryl methyl sites for hydroxylation is 1. The molecule has 0 spiro atoms. The molecule has 0 fully saturated rings. The zero-order chi connectivity index (χ0) is 14.4. The Bertz CT molecular complexity index is 404. The molecule has 0 radical (unpaired) electrons. The van der Waals surface area contributed by atoms with Crippen LogP contribution in [-0.2, 0) is 11.2 Å². The molecule has 2 nitrogen and oxygen atoms in total. The molecule has 1 aliphatic carbocycles. The Morgan fingerprint density at radius 1 is 1.35 bits per heavy atom. The second-order valence-corrected chi connectivity index (χ2v) is 6.31. The van der Waals surface area contributed by atoms with E-state index in [2.05, 4.69) is 43.6 Å². The predicted molar refractivity (Wildman–Crippen MR) is 85.2 cm³/mol. The van der Waals surface area contributed by atoms with Gasteiger partial charge in [0.25, 0.3) is 0 Å². The minimum Gasteiger partial charge on any atom is -0.384 e.